The van der Waals surface area contributed by atoms with Gasteiger partial charge in [-0.1, -0.05) is 29.8 Å². The number of halogens is 2. The molecule has 164 valence electrons. The molecule has 1 aliphatic heterocycles. The van der Waals surface area contributed by atoms with E-state index in [2.05, 4.69) is 0 Å². The molecule has 5 nitrogen and oxygen atoms in total. The van der Waals surface area contributed by atoms with Gasteiger partial charge in [0.15, 0.2) is 15.6 Å². The van der Waals surface area contributed by atoms with E-state index in [9.17, 15) is 17.6 Å². The highest BCUT2D eigenvalue weighted by Gasteiger charge is 2.37. The second-order valence-corrected chi connectivity index (χ2v) is 10.8. The summed E-state index contributed by atoms with van der Waals surface area (Å²) in [5.41, 5.74) is 3.43. The molecule has 0 saturated carbocycles. The molecule has 0 bridgehead atoms. The Morgan fingerprint density at radius 2 is 1.94 bits per heavy atom. The summed E-state index contributed by atoms with van der Waals surface area (Å²) >= 11 is 6.20. The fraction of sp³-hybridized carbons (Fsp3) is 0.348. The largest absolute Gasteiger partial charge is 0.450 e. The third-order valence-corrected chi connectivity index (χ3v) is 8.22. The lowest BCUT2D eigenvalue weighted by Gasteiger charge is -2.28. The van der Waals surface area contributed by atoms with Crippen LogP contribution in [0.5, 0.6) is 0 Å². The van der Waals surface area contributed by atoms with Gasteiger partial charge in [-0.3, -0.25) is 4.79 Å². The van der Waals surface area contributed by atoms with Gasteiger partial charge in [-0.05, 0) is 50.5 Å². The predicted octanol–water partition coefficient (Wildman–Crippen LogP) is 4.98. The van der Waals surface area contributed by atoms with Crippen molar-refractivity contribution in [3.63, 3.8) is 0 Å². The van der Waals surface area contributed by atoms with Crippen molar-refractivity contribution in [2.24, 2.45) is 0 Å². The van der Waals surface area contributed by atoms with Crippen molar-refractivity contribution in [3.8, 4) is 0 Å². The number of amides is 1. The number of furan rings is 1. The Balaban J connectivity index is 1.80. The van der Waals surface area contributed by atoms with Crippen molar-refractivity contribution < 1.29 is 22.0 Å². The Hall–Kier alpha value is -2.38. The number of carbonyl (C=O) groups excluding carboxylic acids is 1. The van der Waals surface area contributed by atoms with E-state index >= 15 is 0 Å². The Bertz CT molecular complexity index is 1280. The number of carbonyl (C=O) groups is 1. The number of hydrogen-bond donors (Lipinski definition) is 0. The highest BCUT2D eigenvalue weighted by molar-refractivity contribution is 7.91. The van der Waals surface area contributed by atoms with Crippen molar-refractivity contribution in [1.29, 1.82) is 0 Å². The van der Waals surface area contributed by atoms with Crippen molar-refractivity contribution in [1.82, 2.24) is 4.90 Å². The Morgan fingerprint density at radius 1 is 1.19 bits per heavy atom. The second kappa shape index (κ2) is 7.95. The quantitative estimate of drug-likeness (QED) is 0.547. The van der Waals surface area contributed by atoms with Crippen LogP contribution in [0, 0.1) is 26.6 Å². The zero-order valence-electron chi connectivity index (χ0n) is 17.5. The molecule has 3 aromatic rings. The van der Waals surface area contributed by atoms with Gasteiger partial charge < -0.3 is 9.32 Å². The van der Waals surface area contributed by atoms with Gasteiger partial charge in [0.25, 0.3) is 5.91 Å². The predicted molar refractivity (Wildman–Crippen MR) is 119 cm³/mol. The molecule has 1 aliphatic rings. The van der Waals surface area contributed by atoms with Gasteiger partial charge in [-0.2, -0.15) is 0 Å². The topological polar surface area (TPSA) is 67.6 Å². The number of rotatable bonds is 4. The molecule has 1 saturated heterocycles. The van der Waals surface area contributed by atoms with Gasteiger partial charge in [0.2, 0.25) is 0 Å². The summed E-state index contributed by atoms with van der Waals surface area (Å²) in [6, 6.07) is 7.60. The molecule has 2 aromatic carbocycles. The summed E-state index contributed by atoms with van der Waals surface area (Å²) in [4.78, 5) is 15.0. The molecule has 1 fully saturated rings. The minimum atomic E-state index is -3.27. The van der Waals surface area contributed by atoms with Crippen LogP contribution in [0.3, 0.4) is 0 Å². The lowest BCUT2D eigenvalue weighted by atomic mass is 10.0. The maximum Gasteiger partial charge on any atom is 0.290 e. The number of aryl methyl sites for hydroxylation is 3. The number of nitrogens with zero attached hydrogens (tertiary/aromatic N) is 1. The fourth-order valence-corrected chi connectivity index (χ4v) is 6.05. The van der Waals surface area contributed by atoms with E-state index in [0.29, 0.717) is 11.1 Å². The Morgan fingerprint density at radius 3 is 2.58 bits per heavy atom. The van der Waals surface area contributed by atoms with Crippen LogP contribution >= 0.6 is 11.6 Å². The van der Waals surface area contributed by atoms with Gasteiger partial charge in [0.1, 0.15) is 11.4 Å². The zero-order chi connectivity index (χ0) is 22.5. The number of sulfone groups is 1. The summed E-state index contributed by atoms with van der Waals surface area (Å²) in [6.45, 7) is 5.55. The number of fused-ring (bicyclic) bond motifs is 1. The summed E-state index contributed by atoms with van der Waals surface area (Å²) in [5, 5.41) is 1.01. The van der Waals surface area contributed by atoms with Crippen molar-refractivity contribution in [3.05, 3.63) is 69.2 Å². The molecule has 1 unspecified atom stereocenters. The molecule has 0 radical (unpaired) electrons. The van der Waals surface area contributed by atoms with Gasteiger partial charge in [-0.15, -0.1) is 0 Å². The zero-order valence-corrected chi connectivity index (χ0v) is 19.1. The molecule has 2 heterocycles. The third-order valence-electron chi connectivity index (χ3n) is 6.12. The van der Waals surface area contributed by atoms with E-state index in [1.165, 1.54) is 17.0 Å². The second-order valence-electron chi connectivity index (χ2n) is 8.13. The highest BCUT2D eigenvalue weighted by atomic mass is 35.5. The van der Waals surface area contributed by atoms with E-state index in [1.807, 2.05) is 26.0 Å². The molecule has 0 aliphatic carbocycles. The summed E-state index contributed by atoms with van der Waals surface area (Å²) < 4.78 is 44.7. The first kappa shape index (κ1) is 21.8. The maximum atomic E-state index is 14.5. The van der Waals surface area contributed by atoms with Crippen molar-refractivity contribution >= 4 is 38.3 Å². The molecule has 1 atom stereocenters. The van der Waals surface area contributed by atoms with Crippen LogP contribution in [-0.4, -0.2) is 36.8 Å². The monoisotopic (exact) mass is 463 g/mol. The molecule has 1 amide bonds. The summed E-state index contributed by atoms with van der Waals surface area (Å²) in [5.74, 6) is -1.04. The van der Waals surface area contributed by atoms with Crippen LogP contribution in [0.4, 0.5) is 4.39 Å². The average Bonchev–Trinajstić information content (AvgIpc) is 3.24. The minimum absolute atomic E-state index is 0.0101. The van der Waals surface area contributed by atoms with Crippen LogP contribution in [0.2, 0.25) is 5.02 Å². The molecular weight excluding hydrogens is 441 g/mol. The van der Waals surface area contributed by atoms with Crippen molar-refractivity contribution in [2.45, 2.75) is 39.8 Å². The van der Waals surface area contributed by atoms with Crippen LogP contribution in [0.15, 0.2) is 34.7 Å². The van der Waals surface area contributed by atoms with Crippen LogP contribution in [-0.2, 0) is 16.4 Å². The molecule has 0 spiro atoms. The highest BCUT2D eigenvalue weighted by Crippen LogP contribution is 2.32. The maximum absolute atomic E-state index is 14.5. The van der Waals surface area contributed by atoms with Crippen molar-refractivity contribution in [2.75, 3.05) is 11.5 Å². The summed E-state index contributed by atoms with van der Waals surface area (Å²) in [7, 11) is -3.27. The van der Waals surface area contributed by atoms with Gasteiger partial charge in [0, 0.05) is 27.6 Å². The number of hydrogen-bond acceptors (Lipinski definition) is 4. The van der Waals surface area contributed by atoms with Crippen LogP contribution in [0.25, 0.3) is 11.0 Å². The number of benzene rings is 2. The van der Waals surface area contributed by atoms with Gasteiger partial charge >= 0.3 is 0 Å². The van der Waals surface area contributed by atoms with E-state index in [1.54, 1.807) is 13.0 Å². The molecule has 0 N–H and O–H groups in total. The molecule has 4 rings (SSSR count). The van der Waals surface area contributed by atoms with Crippen LogP contribution in [0.1, 0.15) is 39.2 Å². The average molecular weight is 464 g/mol. The SMILES string of the molecule is Cc1ccc2c(C)c(C(=O)N(Cc3c(F)cccc3Cl)C3CCS(=O)(=O)C3)oc2c1C. The Kier molecular flexibility index (Phi) is 5.60. The normalized spacial score (nSPS) is 17.9. The first-order valence-corrected chi connectivity index (χ1v) is 12.2. The molecule has 8 heteroatoms. The van der Waals surface area contributed by atoms with Gasteiger partial charge in [-0.25, -0.2) is 12.8 Å². The van der Waals surface area contributed by atoms with E-state index in [0.717, 1.165) is 16.5 Å². The summed E-state index contributed by atoms with van der Waals surface area (Å²) in [6.07, 6.45) is 0.289. The van der Waals surface area contributed by atoms with E-state index < -0.39 is 27.6 Å². The van der Waals surface area contributed by atoms with E-state index in [4.69, 9.17) is 16.0 Å². The van der Waals surface area contributed by atoms with Gasteiger partial charge in [0.05, 0.1) is 18.1 Å². The standard InChI is InChI=1S/C23H23ClFNO4S/c1-13-7-8-17-15(3)22(30-21(17)14(13)2)23(27)26(16-9-10-31(28,29)12-16)11-18-19(24)5-4-6-20(18)25/h4-8,16H,9-12H2,1-3H3. The van der Waals surface area contributed by atoms with E-state index in [-0.39, 0.29) is 40.8 Å². The lowest BCUT2D eigenvalue weighted by Crippen LogP contribution is -2.41. The molecule has 31 heavy (non-hydrogen) atoms. The first-order valence-electron chi connectivity index (χ1n) is 10.0. The minimum Gasteiger partial charge on any atom is -0.450 e. The molecule has 1 aromatic heterocycles. The Labute approximate surface area is 185 Å². The fourth-order valence-electron chi connectivity index (χ4n) is 4.09. The molecular formula is C23H23ClFNO4S. The third kappa shape index (κ3) is 3.96. The smallest absolute Gasteiger partial charge is 0.290 e. The lowest BCUT2D eigenvalue weighted by molar-refractivity contribution is 0.0647. The van der Waals surface area contributed by atoms with Crippen LogP contribution < -0.4 is 0 Å². The first-order chi connectivity index (χ1) is 14.6.